The number of rotatable bonds is 4. The highest BCUT2D eigenvalue weighted by molar-refractivity contribution is 6.00. The van der Waals surface area contributed by atoms with Crippen molar-refractivity contribution in [2.24, 2.45) is 5.92 Å². The molecule has 1 fully saturated rings. The highest BCUT2D eigenvalue weighted by Crippen LogP contribution is 2.31. The molecule has 3 rings (SSSR count). The second-order valence-electron chi connectivity index (χ2n) is 6.05. The molecule has 1 atom stereocenters. The number of halogens is 4. The topological polar surface area (TPSA) is 61.4 Å². The van der Waals surface area contributed by atoms with Crippen LogP contribution in [0.2, 0.25) is 0 Å². The molecule has 0 bridgehead atoms. The summed E-state index contributed by atoms with van der Waals surface area (Å²) in [7, 11) is 0. The Balaban J connectivity index is 1.63. The lowest BCUT2D eigenvalue weighted by Crippen LogP contribution is -2.36. The molecule has 0 aromatic heterocycles. The maximum absolute atomic E-state index is 13.8. The average molecular weight is 381 g/mol. The number of carbonyl (C=O) groups is 2. The molecular formula is C18H15F4N3O2. The number of amides is 2. The van der Waals surface area contributed by atoms with Crippen molar-refractivity contribution in [1.29, 1.82) is 0 Å². The highest BCUT2D eigenvalue weighted by Gasteiger charge is 2.36. The van der Waals surface area contributed by atoms with Gasteiger partial charge in [0.2, 0.25) is 11.8 Å². The molecule has 1 aliphatic heterocycles. The van der Waals surface area contributed by atoms with Gasteiger partial charge in [-0.25, -0.2) is 4.39 Å². The Morgan fingerprint density at radius 2 is 1.85 bits per heavy atom. The fourth-order valence-corrected chi connectivity index (χ4v) is 2.80. The molecule has 2 aromatic rings. The van der Waals surface area contributed by atoms with Gasteiger partial charge in [-0.15, -0.1) is 0 Å². The second kappa shape index (κ2) is 7.26. The van der Waals surface area contributed by atoms with Crippen molar-refractivity contribution in [2.75, 3.05) is 16.9 Å². The summed E-state index contributed by atoms with van der Waals surface area (Å²) in [6.07, 6.45) is -4.62. The first kappa shape index (κ1) is 18.7. The first-order valence-corrected chi connectivity index (χ1v) is 8.04. The fraction of sp³-hybridized carbons (Fsp3) is 0.222. The number of nitrogens with one attached hydrogen (secondary N) is 2. The van der Waals surface area contributed by atoms with Crippen LogP contribution in [-0.2, 0) is 15.8 Å². The Morgan fingerprint density at radius 3 is 2.56 bits per heavy atom. The lowest BCUT2D eigenvalue weighted by Gasteiger charge is -2.17. The predicted molar refractivity (Wildman–Crippen MR) is 90.1 cm³/mol. The van der Waals surface area contributed by atoms with E-state index >= 15 is 0 Å². The molecule has 0 saturated carbocycles. The Morgan fingerprint density at radius 1 is 1.11 bits per heavy atom. The van der Waals surface area contributed by atoms with Crippen LogP contribution in [0.15, 0.2) is 48.5 Å². The first-order valence-electron chi connectivity index (χ1n) is 8.04. The molecule has 5 nitrogen and oxygen atoms in total. The molecule has 0 radical (unpaired) electrons. The molecule has 2 N–H and O–H groups in total. The van der Waals surface area contributed by atoms with Crippen molar-refractivity contribution in [3.8, 4) is 0 Å². The maximum atomic E-state index is 13.8. The van der Waals surface area contributed by atoms with Crippen LogP contribution in [0, 0.1) is 11.7 Å². The SMILES string of the molecule is O=C(NNc1cccc(C(F)(F)F)c1)C1CC(=O)N(c2ccccc2F)C1. The number of anilines is 2. The van der Waals surface area contributed by atoms with E-state index in [1.165, 1.54) is 35.2 Å². The van der Waals surface area contributed by atoms with Crippen LogP contribution >= 0.6 is 0 Å². The van der Waals surface area contributed by atoms with Gasteiger partial charge in [-0.05, 0) is 30.3 Å². The summed E-state index contributed by atoms with van der Waals surface area (Å²) < 4.78 is 52.0. The molecule has 9 heteroatoms. The van der Waals surface area contributed by atoms with Gasteiger partial charge in [-0.1, -0.05) is 18.2 Å². The zero-order valence-electron chi connectivity index (χ0n) is 13.9. The molecule has 1 saturated heterocycles. The summed E-state index contributed by atoms with van der Waals surface area (Å²) in [4.78, 5) is 25.5. The maximum Gasteiger partial charge on any atom is 0.416 e. The van der Waals surface area contributed by atoms with Crippen LogP contribution in [0.1, 0.15) is 12.0 Å². The molecule has 1 unspecified atom stereocenters. The van der Waals surface area contributed by atoms with E-state index in [1.807, 2.05) is 0 Å². The van der Waals surface area contributed by atoms with Gasteiger partial charge in [0.1, 0.15) is 5.82 Å². The van der Waals surface area contributed by atoms with Crippen LogP contribution in [0.4, 0.5) is 28.9 Å². The van der Waals surface area contributed by atoms with Gasteiger partial charge in [0.15, 0.2) is 0 Å². The minimum Gasteiger partial charge on any atom is -0.309 e. The van der Waals surface area contributed by atoms with Crippen molar-refractivity contribution < 1.29 is 27.2 Å². The Kier molecular flexibility index (Phi) is 5.02. The number of hydrogen-bond acceptors (Lipinski definition) is 3. The number of hydrazine groups is 1. The van der Waals surface area contributed by atoms with Crippen LogP contribution in [0.25, 0.3) is 0 Å². The van der Waals surface area contributed by atoms with Crippen molar-refractivity contribution in [1.82, 2.24) is 5.43 Å². The van der Waals surface area contributed by atoms with Gasteiger partial charge in [0.25, 0.3) is 0 Å². The minimum atomic E-state index is -4.50. The zero-order chi connectivity index (χ0) is 19.6. The summed E-state index contributed by atoms with van der Waals surface area (Å²) in [5.74, 6) is -2.30. The average Bonchev–Trinajstić information content (AvgIpc) is 3.01. The van der Waals surface area contributed by atoms with E-state index in [2.05, 4.69) is 10.9 Å². The van der Waals surface area contributed by atoms with Crippen molar-refractivity contribution in [3.63, 3.8) is 0 Å². The lowest BCUT2D eigenvalue weighted by molar-refractivity contribution is -0.137. The fourth-order valence-electron chi connectivity index (χ4n) is 2.80. The highest BCUT2D eigenvalue weighted by atomic mass is 19.4. The molecule has 2 amide bonds. The second-order valence-corrected chi connectivity index (χ2v) is 6.05. The van der Waals surface area contributed by atoms with E-state index in [9.17, 15) is 27.2 Å². The van der Waals surface area contributed by atoms with E-state index in [4.69, 9.17) is 0 Å². The normalized spacial score (nSPS) is 17.1. The van der Waals surface area contributed by atoms with Gasteiger partial charge in [-0.2, -0.15) is 13.2 Å². The van der Waals surface area contributed by atoms with Gasteiger partial charge >= 0.3 is 6.18 Å². The van der Waals surface area contributed by atoms with Crippen LogP contribution in [0.5, 0.6) is 0 Å². The number of hydrogen-bond donors (Lipinski definition) is 2. The molecule has 1 heterocycles. The van der Waals surface area contributed by atoms with Crippen molar-refractivity contribution in [3.05, 3.63) is 59.9 Å². The molecule has 0 spiro atoms. The van der Waals surface area contributed by atoms with E-state index in [0.29, 0.717) is 0 Å². The molecular weight excluding hydrogens is 366 g/mol. The first-order chi connectivity index (χ1) is 12.8. The van der Waals surface area contributed by atoms with Gasteiger partial charge in [0.05, 0.1) is 22.9 Å². The molecule has 27 heavy (non-hydrogen) atoms. The summed E-state index contributed by atoms with van der Waals surface area (Å²) in [5.41, 5.74) is 3.99. The van der Waals surface area contributed by atoms with E-state index < -0.39 is 35.3 Å². The summed E-state index contributed by atoms with van der Waals surface area (Å²) in [6, 6.07) is 10.0. The van der Waals surface area contributed by atoms with E-state index in [-0.39, 0.29) is 24.3 Å². The Bertz CT molecular complexity index is 870. The standard InChI is InChI=1S/C18H15F4N3O2/c19-14-6-1-2-7-15(14)25-10-11(8-16(25)26)17(27)24-23-13-5-3-4-12(9-13)18(20,21)22/h1-7,9,11,23H,8,10H2,(H,24,27). The molecule has 0 aliphatic carbocycles. The zero-order valence-corrected chi connectivity index (χ0v) is 13.9. The number of benzene rings is 2. The Hall–Kier alpha value is -3.10. The monoisotopic (exact) mass is 381 g/mol. The van der Waals surface area contributed by atoms with Gasteiger partial charge in [0, 0.05) is 13.0 Å². The number of para-hydroxylation sites is 1. The van der Waals surface area contributed by atoms with Crippen molar-refractivity contribution >= 4 is 23.2 Å². The molecule has 142 valence electrons. The summed E-state index contributed by atoms with van der Waals surface area (Å²) in [5, 5.41) is 0. The quantitative estimate of drug-likeness (QED) is 0.631. The lowest BCUT2D eigenvalue weighted by atomic mass is 10.1. The summed E-state index contributed by atoms with van der Waals surface area (Å²) in [6.45, 7) is -0.0180. The van der Waals surface area contributed by atoms with E-state index in [1.54, 1.807) is 6.07 Å². The smallest absolute Gasteiger partial charge is 0.309 e. The number of nitrogens with zero attached hydrogens (tertiary/aromatic N) is 1. The molecule has 1 aliphatic rings. The third-order valence-corrected chi connectivity index (χ3v) is 4.16. The molecule has 2 aromatic carbocycles. The summed E-state index contributed by atoms with van der Waals surface area (Å²) >= 11 is 0. The van der Waals surface area contributed by atoms with E-state index in [0.717, 1.165) is 12.1 Å². The number of alkyl halides is 3. The van der Waals surface area contributed by atoms with Crippen LogP contribution in [-0.4, -0.2) is 18.4 Å². The van der Waals surface area contributed by atoms with Gasteiger partial charge in [-0.3, -0.25) is 20.4 Å². The van der Waals surface area contributed by atoms with Crippen molar-refractivity contribution in [2.45, 2.75) is 12.6 Å². The predicted octanol–water partition coefficient (Wildman–Crippen LogP) is 3.34. The van der Waals surface area contributed by atoms with Crippen LogP contribution < -0.4 is 15.8 Å². The Labute approximate surface area is 151 Å². The van der Waals surface area contributed by atoms with Gasteiger partial charge < -0.3 is 4.90 Å². The van der Waals surface area contributed by atoms with Crippen LogP contribution in [0.3, 0.4) is 0 Å². The third-order valence-electron chi connectivity index (χ3n) is 4.16. The largest absolute Gasteiger partial charge is 0.416 e. The number of carbonyl (C=O) groups excluding carboxylic acids is 2. The minimum absolute atomic E-state index is 0.0180. The third kappa shape index (κ3) is 4.18.